The first-order chi connectivity index (χ1) is 9.40. The standard InChI is InChI=1S/C14H23ClN2O2S/c1-4-5-16-10-14(6-13(16)7-15)20(18,19)17-8-11(2)12(3)9-17/h6,10-12H,4-5,7-9H2,1-3H3. The van der Waals surface area contributed by atoms with Gasteiger partial charge in [-0.2, -0.15) is 4.31 Å². The van der Waals surface area contributed by atoms with Gasteiger partial charge >= 0.3 is 0 Å². The molecule has 2 unspecified atom stereocenters. The van der Waals surface area contributed by atoms with E-state index >= 15 is 0 Å². The number of halogens is 1. The highest BCUT2D eigenvalue weighted by atomic mass is 35.5. The first-order valence-corrected chi connectivity index (χ1v) is 9.12. The van der Waals surface area contributed by atoms with Crippen molar-refractivity contribution in [2.24, 2.45) is 11.8 Å². The van der Waals surface area contributed by atoms with Crippen LogP contribution in [0.3, 0.4) is 0 Å². The first kappa shape index (κ1) is 15.9. The van der Waals surface area contributed by atoms with Crippen LogP contribution >= 0.6 is 11.6 Å². The van der Waals surface area contributed by atoms with Gasteiger partial charge in [0, 0.05) is 31.5 Å². The molecular formula is C14H23ClN2O2S. The molecule has 0 spiro atoms. The second-order valence-corrected chi connectivity index (χ2v) is 7.98. The monoisotopic (exact) mass is 318 g/mol. The lowest BCUT2D eigenvalue weighted by molar-refractivity contribution is 0.463. The number of hydrogen-bond acceptors (Lipinski definition) is 2. The molecule has 20 heavy (non-hydrogen) atoms. The minimum absolute atomic E-state index is 0.336. The largest absolute Gasteiger partial charge is 0.349 e. The summed E-state index contributed by atoms with van der Waals surface area (Å²) in [5.41, 5.74) is 0.868. The van der Waals surface area contributed by atoms with Gasteiger partial charge in [-0.1, -0.05) is 20.8 Å². The molecule has 2 atom stereocenters. The smallest absolute Gasteiger partial charge is 0.244 e. The van der Waals surface area contributed by atoms with Crippen LogP contribution in [0.4, 0.5) is 0 Å². The van der Waals surface area contributed by atoms with Crippen molar-refractivity contribution in [3.8, 4) is 0 Å². The fourth-order valence-electron chi connectivity index (χ4n) is 2.65. The highest BCUT2D eigenvalue weighted by molar-refractivity contribution is 7.89. The number of sulfonamides is 1. The summed E-state index contributed by atoms with van der Waals surface area (Å²) >= 11 is 5.91. The number of aromatic nitrogens is 1. The van der Waals surface area contributed by atoms with Crippen molar-refractivity contribution in [3.05, 3.63) is 18.0 Å². The van der Waals surface area contributed by atoms with Crippen LogP contribution in [0.2, 0.25) is 0 Å². The first-order valence-electron chi connectivity index (χ1n) is 7.15. The lowest BCUT2D eigenvalue weighted by Crippen LogP contribution is -2.28. The molecule has 1 fully saturated rings. The number of hydrogen-bond donors (Lipinski definition) is 0. The Labute approximate surface area is 126 Å². The summed E-state index contributed by atoms with van der Waals surface area (Å²) in [6.07, 6.45) is 2.68. The van der Waals surface area contributed by atoms with Crippen LogP contribution in [0, 0.1) is 11.8 Å². The molecule has 0 saturated carbocycles. The molecule has 1 saturated heterocycles. The van der Waals surface area contributed by atoms with E-state index in [9.17, 15) is 8.42 Å². The zero-order valence-corrected chi connectivity index (χ0v) is 13.9. The van der Waals surface area contributed by atoms with Gasteiger partial charge in [-0.3, -0.25) is 0 Å². The SMILES string of the molecule is CCCn1cc(S(=O)(=O)N2CC(C)C(C)C2)cc1CCl. The molecular weight excluding hydrogens is 296 g/mol. The van der Waals surface area contributed by atoms with Gasteiger partial charge in [-0.25, -0.2) is 8.42 Å². The van der Waals surface area contributed by atoms with Crippen LogP contribution in [0.1, 0.15) is 32.9 Å². The molecule has 6 heteroatoms. The molecule has 1 aliphatic rings. The zero-order chi connectivity index (χ0) is 14.9. The quantitative estimate of drug-likeness (QED) is 0.783. The minimum Gasteiger partial charge on any atom is -0.349 e. The molecule has 2 heterocycles. The van der Waals surface area contributed by atoms with Gasteiger partial charge in [0.25, 0.3) is 0 Å². The zero-order valence-electron chi connectivity index (χ0n) is 12.3. The van der Waals surface area contributed by atoms with Crippen molar-refractivity contribution in [1.29, 1.82) is 0 Å². The molecule has 114 valence electrons. The molecule has 0 bridgehead atoms. The number of aryl methyl sites for hydroxylation is 1. The molecule has 0 radical (unpaired) electrons. The van der Waals surface area contributed by atoms with E-state index in [1.54, 1.807) is 16.6 Å². The van der Waals surface area contributed by atoms with Gasteiger partial charge in [0.2, 0.25) is 10.0 Å². The molecule has 0 aromatic carbocycles. The molecule has 1 aromatic heterocycles. The van der Waals surface area contributed by atoms with Gasteiger partial charge in [-0.05, 0) is 24.3 Å². The maximum atomic E-state index is 12.7. The summed E-state index contributed by atoms with van der Waals surface area (Å²) in [5, 5.41) is 0. The third-order valence-corrected chi connectivity index (χ3v) is 6.23. The van der Waals surface area contributed by atoms with Crippen LogP contribution < -0.4 is 0 Å². The fourth-order valence-corrected chi connectivity index (χ4v) is 4.59. The second-order valence-electron chi connectivity index (χ2n) is 5.77. The Morgan fingerprint density at radius 3 is 2.40 bits per heavy atom. The van der Waals surface area contributed by atoms with Crippen LogP contribution in [0.5, 0.6) is 0 Å². The van der Waals surface area contributed by atoms with Gasteiger partial charge in [-0.15, -0.1) is 11.6 Å². The number of nitrogens with zero attached hydrogens (tertiary/aromatic N) is 2. The topological polar surface area (TPSA) is 42.3 Å². The Balaban J connectivity index is 2.30. The third kappa shape index (κ3) is 2.90. The van der Waals surface area contributed by atoms with Crippen LogP contribution in [-0.2, 0) is 22.4 Å². The van der Waals surface area contributed by atoms with E-state index in [0.29, 0.717) is 35.7 Å². The van der Waals surface area contributed by atoms with Crippen molar-refractivity contribution in [1.82, 2.24) is 8.87 Å². The van der Waals surface area contributed by atoms with Gasteiger partial charge in [0.1, 0.15) is 4.90 Å². The van der Waals surface area contributed by atoms with E-state index in [0.717, 1.165) is 18.7 Å². The highest BCUT2D eigenvalue weighted by Crippen LogP contribution is 2.29. The summed E-state index contributed by atoms with van der Waals surface area (Å²) in [4.78, 5) is 0.378. The van der Waals surface area contributed by atoms with E-state index in [-0.39, 0.29) is 0 Å². The molecule has 4 nitrogen and oxygen atoms in total. The number of rotatable bonds is 5. The maximum Gasteiger partial charge on any atom is 0.244 e. The second kappa shape index (κ2) is 6.08. The maximum absolute atomic E-state index is 12.7. The highest BCUT2D eigenvalue weighted by Gasteiger charge is 2.35. The summed E-state index contributed by atoms with van der Waals surface area (Å²) in [7, 11) is -3.38. The van der Waals surface area contributed by atoms with Crippen LogP contribution in [0.25, 0.3) is 0 Å². The van der Waals surface area contributed by atoms with Gasteiger partial charge in [0.15, 0.2) is 0 Å². The van der Waals surface area contributed by atoms with Crippen molar-refractivity contribution in [2.45, 2.75) is 44.5 Å². The molecule has 0 aliphatic carbocycles. The van der Waals surface area contributed by atoms with E-state index in [1.807, 2.05) is 4.57 Å². The lowest BCUT2D eigenvalue weighted by atomic mass is 10.0. The summed E-state index contributed by atoms with van der Waals surface area (Å²) in [6, 6.07) is 1.71. The Morgan fingerprint density at radius 1 is 1.30 bits per heavy atom. The Hall–Kier alpha value is -0.520. The predicted octanol–water partition coefficient (Wildman–Crippen LogP) is 2.91. The Morgan fingerprint density at radius 2 is 1.90 bits per heavy atom. The summed E-state index contributed by atoms with van der Waals surface area (Å²) in [5.74, 6) is 1.16. The lowest BCUT2D eigenvalue weighted by Gasteiger charge is -2.14. The molecule has 2 rings (SSSR count). The molecule has 0 N–H and O–H groups in total. The number of alkyl halides is 1. The van der Waals surface area contributed by atoms with Crippen molar-refractivity contribution >= 4 is 21.6 Å². The third-order valence-electron chi connectivity index (χ3n) is 4.15. The van der Waals surface area contributed by atoms with E-state index < -0.39 is 10.0 Å². The van der Waals surface area contributed by atoms with E-state index in [2.05, 4.69) is 20.8 Å². The average molecular weight is 319 g/mol. The van der Waals surface area contributed by atoms with E-state index in [1.165, 1.54) is 0 Å². The van der Waals surface area contributed by atoms with Crippen LogP contribution in [-0.4, -0.2) is 30.4 Å². The Bertz CT molecular complexity index is 558. The fraction of sp³-hybridized carbons (Fsp3) is 0.714. The van der Waals surface area contributed by atoms with Crippen molar-refractivity contribution in [2.75, 3.05) is 13.1 Å². The van der Waals surface area contributed by atoms with Gasteiger partial charge in [0.05, 0.1) is 5.88 Å². The molecule has 1 aromatic rings. The molecule has 0 amide bonds. The normalized spacial score (nSPS) is 24.4. The average Bonchev–Trinajstić information content (AvgIpc) is 2.95. The van der Waals surface area contributed by atoms with Crippen molar-refractivity contribution in [3.63, 3.8) is 0 Å². The van der Waals surface area contributed by atoms with Gasteiger partial charge < -0.3 is 4.57 Å². The van der Waals surface area contributed by atoms with E-state index in [4.69, 9.17) is 11.6 Å². The summed E-state index contributed by atoms with van der Waals surface area (Å²) in [6.45, 7) is 8.29. The molecule has 1 aliphatic heterocycles. The predicted molar refractivity (Wildman–Crippen MR) is 81.4 cm³/mol. The van der Waals surface area contributed by atoms with Crippen molar-refractivity contribution < 1.29 is 8.42 Å². The summed E-state index contributed by atoms with van der Waals surface area (Å²) < 4.78 is 28.9. The minimum atomic E-state index is -3.38. The Kier molecular flexibility index (Phi) is 4.82. The van der Waals surface area contributed by atoms with Crippen LogP contribution in [0.15, 0.2) is 17.2 Å².